The first-order valence-corrected chi connectivity index (χ1v) is 14.5. The van der Waals surface area contributed by atoms with Crippen LogP contribution in [0.15, 0.2) is 66.9 Å². The van der Waals surface area contributed by atoms with Crippen molar-refractivity contribution in [3.8, 4) is 17.0 Å². The van der Waals surface area contributed by atoms with E-state index < -0.39 is 0 Å². The van der Waals surface area contributed by atoms with E-state index in [0.717, 1.165) is 24.3 Å². The van der Waals surface area contributed by atoms with Gasteiger partial charge in [-0.3, -0.25) is 14.7 Å². The second kappa shape index (κ2) is 14.3. The van der Waals surface area contributed by atoms with E-state index in [-0.39, 0.29) is 36.0 Å². The van der Waals surface area contributed by atoms with Crippen LogP contribution in [-0.4, -0.2) is 78.8 Å². The van der Waals surface area contributed by atoms with Gasteiger partial charge in [0.2, 0.25) is 0 Å². The lowest BCUT2D eigenvalue weighted by molar-refractivity contribution is 0.00922. The number of urea groups is 1. The van der Waals surface area contributed by atoms with Gasteiger partial charge in [0.1, 0.15) is 12.4 Å². The number of carbonyl (C=O) groups is 2. The van der Waals surface area contributed by atoms with E-state index in [2.05, 4.69) is 58.6 Å². The Labute approximate surface area is 249 Å². The fraction of sp³-hybridized carbons (Fsp3) is 0.424. The number of carbonyl (C=O) groups excluding carboxylic acids is 2. The molecule has 0 saturated carbocycles. The van der Waals surface area contributed by atoms with Gasteiger partial charge in [0, 0.05) is 63.3 Å². The van der Waals surface area contributed by atoms with E-state index in [0.29, 0.717) is 30.2 Å². The van der Waals surface area contributed by atoms with Crippen LogP contribution in [0.4, 0.5) is 10.5 Å². The number of benzene rings is 2. The van der Waals surface area contributed by atoms with Crippen molar-refractivity contribution in [2.45, 2.75) is 52.4 Å². The number of ether oxygens (including phenoxy) is 2. The van der Waals surface area contributed by atoms with Crippen LogP contribution < -0.4 is 15.4 Å². The lowest BCUT2D eigenvalue weighted by Crippen LogP contribution is -2.46. The molecule has 1 aromatic heterocycles. The minimum atomic E-state index is -0.328. The summed E-state index contributed by atoms with van der Waals surface area (Å²) in [5.41, 5.74) is 4.14. The molecule has 9 nitrogen and oxygen atoms in total. The summed E-state index contributed by atoms with van der Waals surface area (Å²) in [4.78, 5) is 34.4. The monoisotopic (exact) mass is 573 g/mol. The Morgan fingerprint density at radius 1 is 1.10 bits per heavy atom. The average Bonchev–Trinajstić information content (AvgIpc) is 2.98. The summed E-state index contributed by atoms with van der Waals surface area (Å²) >= 11 is 0. The lowest BCUT2D eigenvalue weighted by atomic mass is 10.0. The summed E-state index contributed by atoms with van der Waals surface area (Å²) in [5, 5.41) is 5.62. The van der Waals surface area contributed by atoms with E-state index in [1.165, 1.54) is 5.56 Å². The Balaban J connectivity index is 1.58. The molecule has 3 aromatic rings. The molecule has 2 heterocycles. The van der Waals surface area contributed by atoms with Gasteiger partial charge in [-0.2, -0.15) is 0 Å². The minimum absolute atomic E-state index is 0.0124. The van der Waals surface area contributed by atoms with Gasteiger partial charge in [-0.25, -0.2) is 4.79 Å². The van der Waals surface area contributed by atoms with Crippen molar-refractivity contribution in [3.05, 3.63) is 78.0 Å². The normalized spacial score (nSPS) is 20.2. The summed E-state index contributed by atoms with van der Waals surface area (Å²) < 4.78 is 12.2. The number of likely N-dealkylation sites (N-methyl/N-ethyl adjacent to an activating group) is 1. The van der Waals surface area contributed by atoms with Crippen molar-refractivity contribution in [2.24, 2.45) is 5.92 Å². The van der Waals surface area contributed by atoms with Gasteiger partial charge < -0.3 is 25.0 Å². The number of hydrogen-bond donors (Lipinski definition) is 2. The van der Waals surface area contributed by atoms with Crippen LogP contribution >= 0.6 is 0 Å². The van der Waals surface area contributed by atoms with E-state index >= 15 is 0 Å². The molecule has 1 aliphatic rings. The van der Waals surface area contributed by atoms with Crippen LogP contribution in [0.5, 0.6) is 5.75 Å². The molecule has 224 valence electrons. The van der Waals surface area contributed by atoms with Gasteiger partial charge in [-0.1, -0.05) is 37.3 Å². The number of nitrogens with one attached hydrogen (secondary N) is 2. The molecule has 4 rings (SSSR count). The average molecular weight is 574 g/mol. The summed E-state index contributed by atoms with van der Waals surface area (Å²) in [7, 11) is 3.47. The molecular formula is C33H43N5O4. The molecule has 0 aliphatic carbocycles. The van der Waals surface area contributed by atoms with Crippen LogP contribution in [0.1, 0.15) is 43.6 Å². The zero-order chi connectivity index (χ0) is 30.2. The molecule has 3 amide bonds. The van der Waals surface area contributed by atoms with Gasteiger partial charge in [-0.05, 0) is 62.6 Å². The van der Waals surface area contributed by atoms with Gasteiger partial charge in [0.25, 0.3) is 5.91 Å². The molecule has 0 fully saturated rings. The number of anilines is 1. The highest BCUT2D eigenvalue weighted by atomic mass is 16.5. The van der Waals surface area contributed by atoms with Crippen molar-refractivity contribution in [1.29, 1.82) is 0 Å². The predicted octanol–water partition coefficient (Wildman–Crippen LogP) is 5.28. The highest BCUT2D eigenvalue weighted by Gasteiger charge is 2.28. The molecule has 0 saturated heterocycles. The van der Waals surface area contributed by atoms with E-state index in [9.17, 15) is 9.59 Å². The summed E-state index contributed by atoms with van der Waals surface area (Å²) in [6, 6.07) is 19.3. The number of rotatable bonds is 6. The SMILES string of the molecule is COC1CN(C)C(=O)c2cc(NC(=O)NC(C)C)ccc2OCC(C)N(Cc2ccc(-c3ccccn3)cc2)CC1C. The number of hydrogen-bond acceptors (Lipinski definition) is 6. The third-order valence-electron chi connectivity index (χ3n) is 7.55. The van der Waals surface area contributed by atoms with Crippen molar-refractivity contribution in [2.75, 3.05) is 39.2 Å². The Morgan fingerprint density at radius 2 is 1.86 bits per heavy atom. The molecule has 3 unspecified atom stereocenters. The number of pyridine rings is 1. The standard InChI is InChI=1S/C33H43N5O4/c1-22(2)35-33(40)36-27-14-15-30-28(17-27)32(39)37(5)20-31(41-6)23(3)18-38(24(4)21-42-30)19-25-10-12-26(13-11-25)29-9-7-8-16-34-29/h7-17,22-24,31H,18-21H2,1-6H3,(H2,35,36,40). The molecule has 1 aliphatic heterocycles. The number of methoxy groups -OCH3 is 1. The first-order chi connectivity index (χ1) is 20.1. The van der Waals surface area contributed by atoms with Crippen LogP contribution in [0.3, 0.4) is 0 Å². The van der Waals surface area contributed by atoms with E-state index in [4.69, 9.17) is 9.47 Å². The zero-order valence-electron chi connectivity index (χ0n) is 25.5. The third kappa shape index (κ3) is 8.08. The van der Waals surface area contributed by atoms with Crippen molar-refractivity contribution < 1.29 is 19.1 Å². The maximum absolute atomic E-state index is 13.6. The van der Waals surface area contributed by atoms with Crippen molar-refractivity contribution in [3.63, 3.8) is 0 Å². The zero-order valence-corrected chi connectivity index (χ0v) is 25.5. The maximum Gasteiger partial charge on any atom is 0.319 e. The molecule has 3 atom stereocenters. The summed E-state index contributed by atoms with van der Waals surface area (Å²) in [6.45, 7) is 10.4. The topological polar surface area (TPSA) is 96.0 Å². The Kier molecular flexibility index (Phi) is 10.5. The third-order valence-corrected chi connectivity index (χ3v) is 7.55. The highest BCUT2D eigenvalue weighted by molar-refractivity contribution is 5.99. The van der Waals surface area contributed by atoms with Crippen LogP contribution in [0.2, 0.25) is 0 Å². The maximum atomic E-state index is 13.6. The largest absolute Gasteiger partial charge is 0.491 e. The van der Waals surface area contributed by atoms with Crippen LogP contribution in [-0.2, 0) is 11.3 Å². The molecule has 9 heteroatoms. The van der Waals surface area contributed by atoms with E-state index in [1.807, 2.05) is 32.0 Å². The lowest BCUT2D eigenvalue weighted by Gasteiger charge is -2.36. The molecule has 0 spiro atoms. The van der Waals surface area contributed by atoms with Gasteiger partial charge in [0.15, 0.2) is 0 Å². The quantitative estimate of drug-likeness (QED) is 0.416. The highest BCUT2D eigenvalue weighted by Crippen LogP contribution is 2.27. The summed E-state index contributed by atoms with van der Waals surface area (Å²) in [5.74, 6) is 0.438. The minimum Gasteiger partial charge on any atom is -0.491 e. The van der Waals surface area contributed by atoms with Gasteiger partial charge in [0.05, 0.1) is 17.4 Å². The number of fused-ring (bicyclic) bond motifs is 1. The summed E-state index contributed by atoms with van der Waals surface area (Å²) in [6.07, 6.45) is 1.64. The Hall–Kier alpha value is -3.95. The molecular weight excluding hydrogens is 530 g/mol. The number of nitrogens with zero attached hydrogens (tertiary/aromatic N) is 3. The smallest absolute Gasteiger partial charge is 0.319 e. The fourth-order valence-electron chi connectivity index (χ4n) is 5.13. The predicted molar refractivity (Wildman–Crippen MR) is 166 cm³/mol. The number of aromatic nitrogens is 1. The Bertz CT molecular complexity index is 1330. The van der Waals surface area contributed by atoms with Crippen molar-refractivity contribution >= 4 is 17.6 Å². The van der Waals surface area contributed by atoms with E-state index in [1.54, 1.807) is 43.5 Å². The molecule has 2 aromatic carbocycles. The molecule has 2 N–H and O–H groups in total. The number of amides is 3. The fourth-order valence-corrected chi connectivity index (χ4v) is 5.13. The molecule has 42 heavy (non-hydrogen) atoms. The van der Waals surface area contributed by atoms with Gasteiger partial charge in [-0.15, -0.1) is 0 Å². The Morgan fingerprint density at radius 3 is 2.52 bits per heavy atom. The van der Waals surface area contributed by atoms with Gasteiger partial charge >= 0.3 is 6.03 Å². The molecule has 0 radical (unpaired) electrons. The first-order valence-electron chi connectivity index (χ1n) is 14.5. The van der Waals surface area contributed by atoms with Crippen molar-refractivity contribution in [1.82, 2.24) is 20.1 Å². The first kappa shape index (κ1) is 31.0. The molecule has 0 bridgehead atoms. The van der Waals surface area contributed by atoms with Crippen LogP contribution in [0, 0.1) is 5.92 Å². The van der Waals surface area contributed by atoms with Crippen LogP contribution in [0.25, 0.3) is 11.3 Å². The second-order valence-electron chi connectivity index (χ2n) is 11.4. The second-order valence-corrected chi connectivity index (χ2v) is 11.4.